The van der Waals surface area contributed by atoms with Crippen molar-refractivity contribution in [2.75, 3.05) is 6.54 Å². The van der Waals surface area contributed by atoms with E-state index in [1.807, 2.05) is 18.5 Å². The molecule has 0 saturated heterocycles. The number of aliphatic hydroxyl groups is 1. The van der Waals surface area contributed by atoms with Gasteiger partial charge in [0.25, 0.3) is 0 Å². The molecule has 1 heterocycles. The van der Waals surface area contributed by atoms with E-state index < -0.39 is 0 Å². The molecule has 0 radical (unpaired) electrons. The van der Waals surface area contributed by atoms with Crippen LogP contribution in [0.5, 0.6) is 0 Å². The van der Waals surface area contributed by atoms with Gasteiger partial charge in [-0.25, -0.2) is 0 Å². The molecule has 2 rings (SSSR count). The van der Waals surface area contributed by atoms with Gasteiger partial charge in [0.15, 0.2) is 0 Å². The summed E-state index contributed by atoms with van der Waals surface area (Å²) in [4.78, 5) is 4.21. The summed E-state index contributed by atoms with van der Waals surface area (Å²) < 4.78 is 0. The van der Waals surface area contributed by atoms with Crippen LogP contribution in [0, 0.1) is 6.92 Å². The van der Waals surface area contributed by atoms with Crippen molar-refractivity contribution in [3.05, 3.63) is 29.6 Å². The number of hydrogen-bond acceptors (Lipinski definition) is 3. The van der Waals surface area contributed by atoms with Crippen LogP contribution in [0.2, 0.25) is 0 Å². The van der Waals surface area contributed by atoms with E-state index in [4.69, 9.17) is 5.73 Å². The molecule has 0 amide bonds. The molecule has 3 N–H and O–H groups in total. The number of rotatable bonds is 2. The second kappa shape index (κ2) is 4.52. The van der Waals surface area contributed by atoms with E-state index in [9.17, 15) is 5.11 Å². The fourth-order valence-electron chi connectivity index (χ4n) is 2.76. The molecule has 0 bridgehead atoms. The van der Waals surface area contributed by atoms with Gasteiger partial charge in [-0.1, -0.05) is 0 Å². The molecule has 0 atom stereocenters. The molecule has 1 aliphatic carbocycles. The van der Waals surface area contributed by atoms with Crippen LogP contribution in [-0.2, 0) is 5.41 Å². The van der Waals surface area contributed by atoms with Gasteiger partial charge in [-0.05, 0) is 49.8 Å². The second-order valence-electron chi connectivity index (χ2n) is 4.91. The second-order valence-corrected chi connectivity index (χ2v) is 4.91. The van der Waals surface area contributed by atoms with Gasteiger partial charge in [-0.3, -0.25) is 4.98 Å². The molecule has 16 heavy (non-hydrogen) atoms. The summed E-state index contributed by atoms with van der Waals surface area (Å²) in [5, 5.41) is 9.60. The van der Waals surface area contributed by atoms with E-state index in [1.165, 1.54) is 11.1 Å². The van der Waals surface area contributed by atoms with Crippen molar-refractivity contribution in [2.24, 2.45) is 5.73 Å². The van der Waals surface area contributed by atoms with E-state index >= 15 is 0 Å². The van der Waals surface area contributed by atoms with Crippen LogP contribution in [0.25, 0.3) is 0 Å². The Balaban J connectivity index is 2.32. The van der Waals surface area contributed by atoms with Crippen molar-refractivity contribution < 1.29 is 5.11 Å². The number of aliphatic hydroxyl groups excluding tert-OH is 1. The van der Waals surface area contributed by atoms with E-state index in [0.717, 1.165) is 25.7 Å². The zero-order valence-electron chi connectivity index (χ0n) is 9.82. The topological polar surface area (TPSA) is 59.1 Å². The first-order valence-electron chi connectivity index (χ1n) is 5.97. The Hall–Kier alpha value is -0.930. The molecule has 0 unspecified atom stereocenters. The Kier molecular flexibility index (Phi) is 3.26. The number of pyridine rings is 1. The van der Waals surface area contributed by atoms with Crippen LogP contribution in [0.4, 0.5) is 0 Å². The van der Waals surface area contributed by atoms with Crippen LogP contribution in [0.3, 0.4) is 0 Å². The normalized spacial score (nSPS) is 30.3. The molecular formula is C13H20N2O. The molecule has 1 aliphatic rings. The maximum atomic E-state index is 9.60. The van der Waals surface area contributed by atoms with Gasteiger partial charge in [0.1, 0.15) is 0 Å². The predicted octanol–water partition coefficient (Wildman–Crippen LogP) is 1.52. The molecule has 1 fully saturated rings. The smallest absolute Gasteiger partial charge is 0.0541 e. The molecule has 0 aromatic carbocycles. The SMILES string of the molecule is Cc1ccncc1C1(CN)CCC(O)CC1. The highest BCUT2D eigenvalue weighted by atomic mass is 16.3. The third-order valence-corrected chi connectivity index (χ3v) is 3.91. The van der Waals surface area contributed by atoms with Gasteiger partial charge in [0.05, 0.1) is 6.10 Å². The minimum Gasteiger partial charge on any atom is -0.393 e. The zero-order valence-corrected chi connectivity index (χ0v) is 9.82. The molecule has 3 nitrogen and oxygen atoms in total. The first-order valence-corrected chi connectivity index (χ1v) is 5.97. The summed E-state index contributed by atoms with van der Waals surface area (Å²) in [7, 11) is 0. The average molecular weight is 220 g/mol. The zero-order chi connectivity index (χ0) is 11.6. The van der Waals surface area contributed by atoms with Gasteiger partial charge in [0.2, 0.25) is 0 Å². The third-order valence-electron chi connectivity index (χ3n) is 3.91. The molecule has 1 saturated carbocycles. The monoisotopic (exact) mass is 220 g/mol. The van der Waals surface area contributed by atoms with Crippen molar-refractivity contribution in [3.63, 3.8) is 0 Å². The molecule has 1 aromatic rings. The summed E-state index contributed by atoms with van der Waals surface area (Å²) in [6.07, 6.45) is 7.27. The lowest BCUT2D eigenvalue weighted by Gasteiger charge is -2.39. The lowest BCUT2D eigenvalue weighted by molar-refractivity contribution is 0.0971. The van der Waals surface area contributed by atoms with E-state index in [0.29, 0.717) is 6.54 Å². The van der Waals surface area contributed by atoms with Crippen LogP contribution in [0.15, 0.2) is 18.5 Å². The molecule has 1 aromatic heterocycles. The van der Waals surface area contributed by atoms with Gasteiger partial charge in [-0.2, -0.15) is 0 Å². The highest BCUT2D eigenvalue weighted by Gasteiger charge is 2.36. The predicted molar refractivity (Wildman–Crippen MR) is 64.2 cm³/mol. The minimum absolute atomic E-state index is 0.0393. The van der Waals surface area contributed by atoms with Crippen LogP contribution < -0.4 is 5.73 Å². The Morgan fingerprint density at radius 2 is 2.19 bits per heavy atom. The summed E-state index contributed by atoms with van der Waals surface area (Å²) >= 11 is 0. The first kappa shape index (κ1) is 11.6. The fourth-order valence-corrected chi connectivity index (χ4v) is 2.76. The van der Waals surface area contributed by atoms with Crippen LogP contribution >= 0.6 is 0 Å². The number of nitrogens with zero attached hydrogens (tertiary/aromatic N) is 1. The third kappa shape index (κ3) is 1.97. The van der Waals surface area contributed by atoms with E-state index in [2.05, 4.69) is 11.9 Å². The quantitative estimate of drug-likeness (QED) is 0.794. The summed E-state index contributed by atoms with van der Waals surface area (Å²) in [6, 6.07) is 2.04. The number of aromatic nitrogens is 1. The standard InChI is InChI=1S/C13H20N2O/c1-10-4-7-15-8-12(10)13(9-14)5-2-11(16)3-6-13/h4,7-8,11,16H,2-3,5-6,9,14H2,1H3. The maximum Gasteiger partial charge on any atom is 0.0541 e. The summed E-state index contributed by atoms with van der Waals surface area (Å²) in [5.41, 5.74) is 8.54. The number of nitrogens with two attached hydrogens (primary N) is 1. The number of hydrogen-bond donors (Lipinski definition) is 2. The summed E-state index contributed by atoms with van der Waals surface area (Å²) in [6.45, 7) is 2.76. The minimum atomic E-state index is -0.142. The lowest BCUT2D eigenvalue weighted by atomic mass is 9.68. The van der Waals surface area contributed by atoms with E-state index in [-0.39, 0.29) is 11.5 Å². The Labute approximate surface area is 96.7 Å². The Morgan fingerprint density at radius 1 is 1.50 bits per heavy atom. The highest BCUT2D eigenvalue weighted by Crippen LogP contribution is 2.39. The Bertz CT molecular complexity index is 357. The lowest BCUT2D eigenvalue weighted by Crippen LogP contribution is -2.40. The Morgan fingerprint density at radius 3 is 2.75 bits per heavy atom. The molecule has 0 aliphatic heterocycles. The van der Waals surface area contributed by atoms with Gasteiger partial charge >= 0.3 is 0 Å². The average Bonchev–Trinajstić information content (AvgIpc) is 2.32. The van der Waals surface area contributed by atoms with Gasteiger partial charge in [0, 0.05) is 24.4 Å². The maximum absolute atomic E-state index is 9.60. The largest absolute Gasteiger partial charge is 0.393 e. The fraction of sp³-hybridized carbons (Fsp3) is 0.615. The van der Waals surface area contributed by atoms with Gasteiger partial charge in [-0.15, -0.1) is 0 Å². The highest BCUT2D eigenvalue weighted by molar-refractivity contribution is 5.31. The van der Waals surface area contributed by atoms with Gasteiger partial charge < -0.3 is 10.8 Å². The van der Waals surface area contributed by atoms with Crippen molar-refractivity contribution in [1.82, 2.24) is 4.98 Å². The van der Waals surface area contributed by atoms with Crippen LogP contribution in [-0.4, -0.2) is 22.7 Å². The van der Waals surface area contributed by atoms with Crippen molar-refractivity contribution in [3.8, 4) is 0 Å². The molecule has 88 valence electrons. The number of aryl methyl sites for hydroxylation is 1. The van der Waals surface area contributed by atoms with E-state index in [1.54, 1.807) is 0 Å². The molecular weight excluding hydrogens is 200 g/mol. The first-order chi connectivity index (χ1) is 7.68. The molecule has 3 heteroatoms. The van der Waals surface area contributed by atoms with Crippen molar-refractivity contribution in [1.29, 1.82) is 0 Å². The van der Waals surface area contributed by atoms with Crippen LogP contribution in [0.1, 0.15) is 36.8 Å². The summed E-state index contributed by atoms with van der Waals surface area (Å²) in [5.74, 6) is 0. The van der Waals surface area contributed by atoms with Crippen molar-refractivity contribution in [2.45, 2.75) is 44.1 Å². The molecule has 0 spiro atoms. The van der Waals surface area contributed by atoms with Crippen molar-refractivity contribution >= 4 is 0 Å².